The lowest BCUT2D eigenvalue weighted by molar-refractivity contribution is -0.143. The Labute approximate surface area is 109 Å². The number of hydrogen-bond acceptors (Lipinski definition) is 5. The summed E-state index contributed by atoms with van der Waals surface area (Å²) < 4.78 is 1.10. The number of rotatable bonds is 4. The number of carbonyl (C=O) groups is 1. The van der Waals surface area contributed by atoms with Crippen LogP contribution < -0.4 is 11.6 Å². The molecule has 0 saturated carbocycles. The topological polar surface area (TPSA) is 120 Å². The van der Waals surface area contributed by atoms with Gasteiger partial charge in [0.05, 0.1) is 5.41 Å². The van der Waals surface area contributed by atoms with Gasteiger partial charge in [0.15, 0.2) is 5.82 Å². The van der Waals surface area contributed by atoms with E-state index in [1.807, 2.05) is 6.07 Å². The third kappa shape index (κ3) is 2.22. The smallest absolute Gasteiger partial charge is 0.314 e. The maximum atomic E-state index is 11.6. The van der Waals surface area contributed by atoms with E-state index < -0.39 is 11.4 Å². The Kier molecular flexibility index (Phi) is 3.12. The Balaban J connectivity index is 2.42. The molecule has 0 bridgehead atoms. The summed E-state index contributed by atoms with van der Waals surface area (Å²) in [4.78, 5) is 11.6. The second kappa shape index (κ2) is 4.60. The highest BCUT2D eigenvalue weighted by atomic mass is 16.4. The minimum atomic E-state index is -1.14. The van der Waals surface area contributed by atoms with Crippen molar-refractivity contribution in [2.75, 3.05) is 11.6 Å². The van der Waals surface area contributed by atoms with Gasteiger partial charge < -0.3 is 16.7 Å². The molecule has 19 heavy (non-hydrogen) atoms. The third-order valence-corrected chi connectivity index (χ3v) is 3.19. The van der Waals surface area contributed by atoms with Gasteiger partial charge >= 0.3 is 5.97 Å². The number of benzene rings is 1. The highest BCUT2D eigenvalue weighted by Gasteiger charge is 2.37. The highest BCUT2D eigenvalue weighted by Crippen LogP contribution is 2.28. The number of aliphatic carboxylic acids is 1. The van der Waals surface area contributed by atoms with Crippen LogP contribution in [0.2, 0.25) is 0 Å². The second-order valence-electron chi connectivity index (χ2n) is 4.52. The lowest BCUT2D eigenvalue weighted by Crippen LogP contribution is -2.36. The normalized spacial score (nSPS) is 13.9. The lowest BCUT2D eigenvalue weighted by atomic mass is 9.79. The molecule has 5 N–H and O–H groups in total. The summed E-state index contributed by atoms with van der Waals surface area (Å²) in [6.07, 6.45) is 0.104. The van der Waals surface area contributed by atoms with Crippen LogP contribution in [0.4, 0.5) is 5.95 Å². The Hall–Kier alpha value is -2.57. The summed E-state index contributed by atoms with van der Waals surface area (Å²) in [5, 5.41) is 16.9. The molecule has 0 aliphatic rings. The number of carboxylic acids is 1. The quantitative estimate of drug-likeness (QED) is 0.674. The molecule has 0 aliphatic heterocycles. The van der Waals surface area contributed by atoms with Gasteiger partial charge in [0.2, 0.25) is 5.95 Å². The van der Waals surface area contributed by atoms with E-state index in [1.54, 1.807) is 31.2 Å². The van der Waals surface area contributed by atoms with Gasteiger partial charge in [-0.1, -0.05) is 30.3 Å². The van der Waals surface area contributed by atoms with E-state index in [2.05, 4.69) is 10.2 Å². The van der Waals surface area contributed by atoms with E-state index in [1.165, 1.54) is 0 Å². The van der Waals surface area contributed by atoms with E-state index in [9.17, 15) is 9.90 Å². The van der Waals surface area contributed by atoms with Crippen molar-refractivity contribution in [2.45, 2.75) is 18.8 Å². The van der Waals surface area contributed by atoms with E-state index in [-0.39, 0.29) is 12.4 Å². The van der Waals surface area contributed by atoms with Gasteiger partial charge in [0.25, 0.3) is 0 Å². The molecular weight excluding hydrogens is 246 g/mol. The third-order valence-electron chi connectivity index (χ3n) is 3.19. The Bertz CT molecular complexity index is 595. The van der Waals surface area contributed by atoms with Gasteiger partial charge in [-0.2, -0.15) is 0 Å². The van der Waals surface area contributed by atoms with Crippen molar-refractivity contribution in [3.63, 3.8) is 0 Å². The molecule has 2 rings (SSSR count). The summed E-state index contributed by atoms with van der Waals surface area (Å²) in [6, 6.07) is 8.93. The Morgan fingerprint density at radius 1 is 1.37 bits per heavy atom. The fraction of sp³-hybridized carbons (Fsp3) is 0.250. The second-order valence-corrected chi connectivity index (χ2v) is 4.52. The van der Waals surface area contributed by atoms with Crippen molar-refractivity contribution < 1.29 is 9.90 Å². The highest BCUT2D eigenvalue weighted by molar-refractivity contribution is 5.81. The average Bonchev–Trinajstić information content (AvgIpc) is 2.71. The monoisotopic (exact) mass is 261 g/mol. The lowest BCUT2D eigenvalue weighted by Gasteiger charge is -2.24. The molecule has 0 amide bonds. The molecule has 7 heteroatoms. The molecule has 2 aromatic rings. The minimum Gasteiger partial charge on any atom is -0.481 e. The van der Waals surface area contributed by atoms with Crippen LogP contribution in [0.5, 0.6) is 0 Å². The standard InChI is InChI=1S/C12H15N5O2/c1-12(10(18)19,8-5-3-2-4-6-8)7-9-15-16-11(13)17(9)14/h2-6H,7,14H2,1H3,(H2,13,16)(H,18,19). The molecule has 0 aliphatic carbocycles. The van der Waals surface area contributed by atoms with Gasteiger partial charge in [0.1, 0.15) is 0 Å². The van der Waals surface area contributed by atoms with Gasteiger partial charge in [0, 0.05) is 6.42 Å². The maximum Gasteiger partial charge on any atom is 0.314 e. The molecular formula is C12H15N5O2. The predicted molar refractivity (Wildman–Crippen MR) is 69.7 cm³/mol. The first-order valence-corrected chi connectivity index (χ1v) is 5.69. The number of aromatic nitrogens is 3. The number of carboxylic acid groups (broad SMARTS) is 1. The van der Waals surface area contributed by atoms with Crippen molar-refractivity contribution in [3.8, 4) is 0 Å². The molecule has 1 atom stereocenters. The fourth-order valence-corrected chi connectivity index (χ4v) is 1.88. The van der Waals surface area contributed by atoms with Crippen LogP contribution in [-0.4, -0.2) is 25.9 Å². The zero-order chi connectivity index (χ0) is 14.0. The summed E-state index contributed by atoms with van der Waals surface area (Å²) in [6.45, 7) is 1.62. The van der Waals surface area contributed by atoms with E-state index in [0.717, 1.165) is 4.68 Å². The van der Waals surface area contributed by atoms with Crippen LogP contribution >= 0.6 is 0 Å². The average molecular weight is 261 g/mol. The summed E-state index contributed by atoms with van der Waals surface area (Å²) >= 11 is 0. The minimum absolute atomic E-state index is 0.0517. The molecule has 1 aromatic carbocycles. The Morgan fingerprint density at radius 3 is 2.47 bits per heavy atom. The molecule has 0 radical (unpaired) electrons. The summed E-state index contributed by atoms with van der Waals surface area (Å²) in [5.74, 6) is 5.08. The van der Waals surface area contributed by atoms with Crippen molar-refractivity contribution >= 4 is 11.9 Å². The zero-order valence-electron chi connectivity index (χ0n) is 10.4. The molecule has 0 spiro atoms. The van der Waals surface area contributed by atoms with Gasteiger partial charge in [-0.3, -0.25) is 4.79 Å². The molecule has 1 aromatic heterocycles. The zero-order valence-corrected chi connectivity index (χ0v) is 10.4. The molecule has 100 valence electrons. The van der Waals surface area contributed by atoms with Gasteiger partial charge in [-0.15, -0.1) is 10.2 Å². The molecule has 1 heterocycles. The number of nitrogens with two attached hydrogens (primary N) is 2. The number of hydrogen-bond donors (Lipinski definition) is 3. The summed E-state index contributed by atoms with van der Waals surface area (Å²) in [7, 11) is 0. The first-order chi connectivity index (χ1) is 8.95. The molecule has 7 nitrogen and oxygen atoms in total. The van der Waals surface area contributed by atoms with Crippen LogP contribution in [0, 0.1) is 0 Å². The molecule has 0 saturated heterocycles. The number of anilines is 1. The number of nitrogens with zero attached hydrogens (tertiary/aromatic N) is 3. The van der Waals surface area contributed by atoms with E-state index in [0.29, 0.717) is 11.4 Å². The first kappa shape index (κ1) is 12.9. The van der Waals surface area contributed by atoms with Crippen LogP contribution in [0.15, 0.2) is 30.3 Å². The van der Waals surface area contributed by atoms with E-state index >= 15 is 0 Å². The summed E-state index contributed by atoms with van der Waals surface area (Å²) in [5.41, 5.74) is 5.02. The van der Waals surface area contributed by atoms with Crippen molar-refractivity contribution in [1.82, 2.24) is 14.9 Å². The SMILES string of the molecule is CC(Cc1nnc(N)n1N)(C(=O)O)c1ccccc1. The van der Waals surface area contributed by atoms with Crippen molar-refractivity contribution in [2.24, 2.45) is 0 Å². The largest absolute Gasteiger partial charge is 0.481 e. The molecule has 0 fully saturated rings. The van der Waals surface area contributed by atoms with Crippen LogP contribution in [0.3, 0.4) is 0 Å². The van der Waals surface area contributed by atoms with Crippen molar-refractivity contribution in [3.05, 3.63) is 41.7 Å². The van der Waals surface area contributed by atoms with Crippen LogP contribution in [-0.2, 0) is 16.6 Å². The fourth-order valence-electron chi connectivity index (χ4n) is 1.88. The molecule has 1 unspecified atom stereocenters. The Morgan fingerprint density at radius 2 is 2.00 bits per heavy atom. The van der Waals surface area contributed by atoms with Gasteiger partial charge in [-0.05, 0) is 12.5 Å². The van der Waals surface area contributed by atoms with Crippen LogP contribution in [0.25, 0.3) is 0 Å². The predicted octanol–water partition coefficient (Wildman–Crippen LogP) is 0.159. The van der Waals surface area contributed by atoms with Crippen LogP contribution in [0.1, 0.15) is 18.3 Å². The van der Waals surface area contributed by atoms with E-state index in [4.69, 9.17) is 11.6 Å². The number of nitrogen functional groups attached to an aromatic ring is 2. The first-order valence-electron chi connectivity index (χ1n) is 5.69. The maximum absolute atomic E-state index is 11.6. The van der Waals surface area contributed by atoms with Crippen molar-refractivity contribution in [1.29, 1.82) is 0 Å². The van der Waals surface area contributed by atoms with Gasteiger partial charge in [-0.25, -0.2) is 4.68 Å².